The van der Waals surface area contributed by atoms with E-state index in [1.165, 1.54) is 0 Å². The van der Waals surface area contributed by atoms with Crippen LogP contribution in [0.25, 0.3) is 0 Å². The van der Waals surface area contributed by atoms with Crippen LogP contribution >= 0.6 is 0 Å². The van der Waals surface area contributed by atoms with Crippen molar-refractivity contribution in [2.24, 2.45) is 0 Å². The van der Waals surface area contributed by atoms with Gasteiger partial charge in [-0.2, -0.15) is 0 Å². The van der Waals surface area contributed by atoms with Crippen LogP contribution < -0.4 is 14.8 Å². The standard InChI is InChI=1S/C16H22N2O5/c1-22-13-2-4-14(5-3-13)23-11-15(20)17-10-16(21)18-8-6-12(19)7-9-18/h2-5,12,19H,6-11H2,1H3,(H,17,20). The van der Waals surface area contributed by atoms with Crippen molar-refractivity contribution in [3.8, 4) is 11.5 Å². The van der Waals surface area contributed by atoms with E-state index in [-0.39, 0.29) is 31.1 Å². The van der Waals surface area contributed by atoms with E-state index in [1.807, 2.05) is 0 Å². The van der Waals surface area contributed by atoms with Gasteiger partial charge in [-0.25, -0.2) is 0 Å². The summed E-state index contributed by atoms with van der Waals surface area (Å²) in [7, 11) is 1.57. The third kappa shape index (κ3) is 5.45. The van der Waals surface area contributed by atoms with Gasteiger partial charge in [0.15, 0.2) is 6.61 Å². The smallest absolute Gasteiger partial charge is 0.258 e. The van der Waals surface area contributed by atoms with Crippen LogP contribution in [0, 0.1) is 0 Å². The molecule has 1 aliphatic rings. The summed E-state index contributed by atoms with van der Waals surface area (Å²) in [5.41, 5.74) is 0. The predicted molar refractivity (Wildman–Crippen MR) is 83.3 cm³/mol. The number of nitrogens with one attached hydrogen (secondary N) is 1. The van der Waals surface area contributed by atoms with E-state index < -0.39 is 0 Å². The average molecular weight is 322 g/mol. The number of aliphatic hydroxyl groups is 1. The number of amides is 2. The number of nitrogens with zero attached hydrogens (tertiary/aromatic N) is 1. The second kappa shape index (κ2) is 8.38. The number of aliphatic hydroxyl groups excluding tert-OH is 1. The molecule has 0 radical (unpaired) electrons. The van der Waals surface area contributed by atoms with Gasteiger partial charge in [-0.3, -0.25) is 9.59 Å². The summed E-state index contributed by atoms with van der Waals surface area (Å²) in [6.07, 6.45) is 0.840. The SMILES string of the molecule is COc1ccc(OCC(=O)NCC(=O)N2CCC(O)CC2)cc1. The number of piperidine rings is 1. The highest BCUT2D eigenvalue weighted by Crippen LogP contribution is 2.16. The van der Waals surface area contributed by atoms with Crippen molar-refractivity contribution in [1.29, 1.82) is 0 Å². The molecule has 1 aromatic rings. The molecular weight excluding hydrogens is 300 g/mol. The van der Waals surface area contributed by atoms with Crippen LogP contribution in [0.5, 0.6) is 11.5 Å². The van der Waals surface area contributed by atoms with Gasteiger partial charge in [0.2, 0.25) is 5.91 Å². The van der Waals surface area contributed by atoms with Crippen molar-refractivity contribution < 1.29 is 24.2 Å². The van der Waals surface area contributed by atoms with E-state index in [1.54, 1.807) is 36.3 Å². The Kier molecular flexibility index (Phi) is 6.22. The van der Waals surface area contributed by atoms with Gasteiger partial charge in [0.1, 0.15) is 11.5 Å². The average Bonchev–Trinajstić information content (AvgIpc) is 2.59. The summed E-state index contributed by atoms with van der Waals surface area (Å²) >= 11 is 0. The fourth-order valence-electron chi connectivity index (χ4n) is 2.27. The zero-order valence-corrected chi connectivity index (χ0v) is 13.2. The Bertz CT molecular complexity index is 524. The highest BCUT2D eigenvalue weighted by molar-refractivity contribution is 5.85. The van der Waals surface area contributed by atoms with Crippen LogP contribution in [-0.2, 0) is 9.59 Å². The van der Waals surface area contributed by atoms with Crippen molar-refractivity contribution in [2.75, 3.05) is 33.4 Å². The van der Waals surface area contributed by atoms with Gasteiger partial charge in [0.05, 0.1) is 19.8 Å². The minimum atomic E-state index is -0.355. The van der Waals surface area contributed by atoms with Gasteiger partial charge in [-0.1, -0.05) is 0 Å². The van der Waals surface area contributed by atoms with Gasteiger partial charge in [0.25, 0.3) is 5.91 Å². The van der Waals surface area contributed by atoms with Crippen molar-refractivity contribution in [3.05, 3.63) is 24.3 Å². The molecule has 0 aliphatic carbocycles. The fraction of sp³-hybridized carbons (Fsp3) is 0.500. The number of hydrogen-bond donors (Lipinski definition) is 2. The normalized spacial score (nSPS) is 15.1. The lowest BCUT2D eigenvalue weighted by Gasteiger charge is -2.29. The fourth-order valence-corrected chi connectivity index (χ4v) is 2.27. The third-order valence-electron chi connectivity index (χ3n) is 3.68. The monoisotopic (exact) mass is 322 g/mol. The summed E-state index contributed by atoms with van der Waals surface area (Å²) in [5, 5.41) is 11.9. The first-order valence-corrected chi connectivity index (χ1v) is 7.58. The second-order valence-corrected chi connectivity index (χ2v) is 5.35. The zero-order valence-electron chi connectivity index (χ0n) is 13.2. The Hall–Kier alpha value is -2.28. The minimum Gasteiger partial charge on any atom is -0.497 e. The number of methoxy groups -OCH3 is 1. The maximum atomic E-state index is 11.9. The molecular formula is C16H22N2O5. The van der Waals surface area contributed by atoms with Gasteiger partial charge in [-0.15, -0.1) is 0 Å². The molecule has 1 fully saturated rings. The molecule has 2 rings (SSSR count). The molecule has 0 saturated carbocycles. The van der Waals surface area contributed by atoms with E-state index in [0.717, 1.165) is 0 Å². The summed E-state index contributed by atoms with van der Waals surface area (Å²) in [5.74, 6) is 0.761. The van der Waals surface area contributed by atoms with E-state index in [4.69, 9.17) is 9.47 Å². The Morgan fingerprint density at radius 3 is 2.43 bits per heavy atom. The highest BCUT2D eigenvalue weighted by atomic mass is 16.5. The quantitative estimate of drug-likeness (QED) is 0.780. The summed E-state index contributed by atoms with van der Waals surface area (Å²) in [6, 6.07) is 6.88. The molecule has 0 bridgehead atoms. The highest BCUT2D eigenvalue weighted by Gasteiger charge is 2.21. The number of carbonyl (C=O) groups excluding carboxylic acids is 2. The van der Waals surface area contributed by atoms with Crippen LogP contribution in [-0.4, -0.2) is 61.3 Å². The Morgan fingerprint density at radius 1 is 1.22 bits per heavy atom. The van der Waals surface area contributed by atoms with E-state index in [2.05, 4.69) is 5.32 Å². The number of carbonyl (C=O) groups is 2. The molecule has 0 atom stereocenters. The molecule has 126 valence electrons. The van der Waals surface area contributed by atoms with Gasteiger partial charge >= 0.3 is 0 Å². The molecule has 1 saturated heterocycles. The first-order chi connectivity index (χ1) is 11.1. The molecule has 7 heteroatoms. The Labute approximate surface area is 135 Å². The van der Waals surface area contributed by atoms with Crippen LogP contribution in [0.2, 0.25) is 0 Å². The molecule has 23 heavy (non-hydrogen) atoms. The molecule has 2 N–H and O–H groups in total. The first kappa shape index (κ1) is 17.1. The molecule has 0 spiro atoms. The maximum Gasteiger partial charge on any atom is 0.258 e. The van der Waals surface area contributed by atoms with Gasteiger partial charge < -0.3 is 24.8 Å². The summed E-state index contributed by atoms with van der Waals surface area (Å²) in [6.45, 7) is 0.843. The molecule has 1 aliphatic heterocycles. The van der Waals surface area contributed by atoms with E-state index >= 15 is 0 Å². The minimum absolute atomic E-state index is 0.0547. The molecule has 0 aromatic heterocycles. The zero-order chi connectivity index (χ0) is 16.7. The number of benzene rings is 1. The number of ether oxygens (including phenoxy) is 2. The van der Waals surface area contributed by atoms with Crippen LogP contribution in [0.4, 0.5) is 0 Å². The molecule has 1 aromatic carbocycles. The van der Waals surface area contributed by atoms with Gasteiger partial charge in [-0.05, 0) is 37.1 Å². The van der Waals surface area contributed by atoms with E-state index in [0.29, 0.717) is 37.4 Å². The van der Waals surface area contributed by atoms with Crippen molar-refractivity contribution in [2.45, 2.75) is 18.9 Å². The molecule has 7 nitrogen and oxygen atoms in total. The molecule has 1 heterocycles. The number of rotatable bonds is 6. The van der Waals surface area contributed by atoms with Gasteiger partial charge in [0, 0.05) is 13.1 Å². The first-order valence-electron chi connectivity index (χ1n) is 7.58. The predicted octanol–water partition coefficient (Wildman–Crippen LogP) is 0.174. The lowest BCUT2D eigenvalue weighted by atomic mass is 10.1. The summed E-state index contributed by atoms with van der Waals surface area (Å²) < 4.78 is 10.4. The number of hydrogen-bond acceptors (Lipinski definition) is 5. The second-order valence-electron chi connectivity index (χ2n) is 5.35. The Balaban J connectivity index is 1.67. The molecule has 0 unspecified atom stereocenters. The van der Waals surface area contributed by atoms with E-state index in [9.17, 15) is 14.7 Å². The summed E-state index contributed by atoms with van der Waals surface area (Å²) in [4.78, 5) is 25.3. The van der Waals surface area contributed by atoms with Crippen molar-refractivity contribution in [1.82, 2.24) is 10.2 Å². The largest absolute Gasteiger partial charge is 0.497 e. The third-order valence-corrected chi connectivity index (χ3v) is 3.68. The number of likely N-dealkylation sites (tertiary alicyclic amines) is 1. The molecule has 2 amide bonds. The van der Waals surface area contributed by atoms with Crippen molar-refractivity contribution >= 4 is 11.8 Å². The van der Waals surface area contributed by atoms with Crippen LogP contribution in [0.3, 0.4) is 0 Å². The van der Waals surface area contributed by atoms with Crippen LogP contribution in [0.1, 0.15) is 12.8 Å². The lowest BCUT2D eigenvalue weighted by Crippen LogP contribution is -2.45. The lowest BCUT2D eigenvalue weighted by molar-refractivity contribution is -0.134. The maximum absolute atomic E-state index is 11.9. The Morgan fingerprint density at radius 2 is 1.83 bits per heavy atom. The van der Waals surface area contributed by atoms with Crippen LogP contribution in [0.15, 0.2) is 24.3 Å². The van der Waals surface area contributed by atoms with Crippen molar-refractivity contribution in [3.63, 3.8) is 0 Å². The topological polar surface area (TPSA) is 88.1 Å².